The van der Waals surface area contributed by atoms with Crippen LogP contribution in [-0.2, 0) is 25.6 Å². The van der Waals surface area contributed by atoms with Gasteiger partial charge in [0.2, 0.25) is 0 Å². The summed E-state index contributed by atoms with van der Waals surface area (Å²) in [5.41, 5.74) is 0. The Morgan fingerprint density at radius 1 is 1.50 bits per heavy atom. The van der Waals surface area contributed by atoms with Gasteiger partial charge in [-0.3, -0.25) is 0 Å². The Balaban J connectivity index is 0. The monoisotopic (exact) mass is 260 g/mol. The Bertz CT molecular complexity index is 82.0. The molecule has 5 heteroatoms. The first kappa shape index (κ1) is 13.5. The van der Waals surface area contributed by atoms with Gasteiger partial charge in [0, 0.05) is 0 Å². The van der Waals surface area contributed by atoms with Crippen LogP contribution in [0.15, 0.2) is 0 Å². The van der Waals surface area contributed by atoms with Gasteiger partial charge >= 0.3 is 37.9 Å². The maximum atomic E-state index is 10.2. The second-order valence-corrected chi connectivity index (χ2v) is 5.02. The van der Waals surface area contributed by atoms with Crippen molar-refractivity contribution >= 4 is 22.9 Å². The van der Waals surface area contributed by atoms with E-state index < -0.39 is 20.8 Å². The Morgan fingerprint density at radius 2 is 1.90 bits per heavy atom. The molecule has 0 aromatic rings. The zero-order valence-electron chi connectivity index (χ0n) is 6.03. The van der Waals surface area contributed by atoms with Crippen molar-refractivity contribution < 1.29 is 25.6 Å². The maximum absolute atomic E-state index is 10.2. The Kier molecular flexibility index (Phi) is 17.0. The first-order valence-electron chi connectivity index (χ1n) is 2.89. The van der Waals surface area contributed by atoms with E-state index in [-0.39, 0.29) is 5.91 Å². The summed E-state index contributed by atoms with van der Waals surface area (Å²) >= 11 is -0.826. The second kappa shape index (κ2) is 12.6. The van der Waals surface area contributed by atoms with Crippen molar-refractivity contribution in [3.05, 3.63) is 5.32 Å². The van der Waals surface area contributed by atoms with Crippen molar-refractivity contribution in [2.24, 2.45) is 0 Å². The Morgan fingerprint density at radius 3 is 2.00 bits per heavy atom. The Labute approximate surface area is 80.3 Å². The molecule has 2 nitrogen and oxygen atoms in total. The van der Waals surface area contributed by atoms with Gasteiger partial charge in [-0.2, -0.15) is 0 Å². The zero-order valence-corrected chi connectivity index (χ0v) is 10.00. The van der Waals surface area contributed by atoms with Crippen LogP contribution in [0.2, 0.25) is 0 Å². The molecule has 0 N–H and O–H groups in total. The first-order valence-corrected chi connectivity index (χ1v) is 9.22. The van der Waals surface area contributed by atoms with E-state index in [1.165, 1.54) is 0 Å². The number of nitrogens with zero attached hydrogens (tertiary/aromatic N) is 1. The van der Waals surface area contributed by atoms with Crippen LogP contribution in [0.3, 0.4) is 0 Å². The number of hydrogen-bond donors (Lipinski definition) is 0. The molecule has 0 bridgehead atoms. The van der Waals surface area contributed by atoms with Gasteiger partial charge in [0.05, 0.1) is 5.91 Å². The van der Waals surface area contributed by atoms with Gasteiger partial charge in [0.1, 0.15) is 0 Å². The van der Waals surface area contributed by atoms with E-state index in [9.17, 15) is 4.79 Å². The molecule has 60 valence electrons. The quantitative estimate of drug-likeness (QED) is 0.752. The molecule has 0 unspecified atom stereocenters. The van der Waals surface area contributed by atoms with Crippen LogP contribution >= 0.6 is 17.0 Å². The molecule has 0 atom stereocenters. The summed E-state index contributed by atoms with van der Waals surface area (Å²) in [6, 6.07) is 0. The van der Waals surface area contributed by atoms with Gasteiger partial charge in [0.15, 0.2) is 0 Å². The third-order valence-corrected chi connectivity index (χ3v) is 0.637. The molecule has 0 saturated carbocycles. The standard InChI is InChI=1S/C5H11NO.2ClH.Zr/c1-3-5(7)6-4-2;;;/h3-4H2,1-2H3,(H,6,7);2*1H;/q;;;+2/p-3. The molecule has 0 saturated heterocycles. The molecule has 0 aromatic carbocycles. The van der Waals surface area contributed by atoms with Gasteiger partial charge in [-0.25, -0.2) is 0 Å². The first-order chi connectivity index (χ1) is 4.72. The van der Waals surface area contributed by atoms with E-state index in [1.807, 2.05) is 13.8 Å². The Hall–Kier alpha value is 0.933. The van der Waals surface area contributed by atoms with E-state index in [2.05, 4.69) is 5.32 Å². The van der Waals surface area contributed by atoms with Crippen molar-refractivity contribution in [3.8, 4) is 0 Å². The van der Waals surface area contributed by atoms with Crippen LogP contribution in [0.4, 0.5) is 0 Å². The predicted molar refractivity (Wildman–Crippen MR) is 40.9 cm³/mol. The van der Waals surface area contributed by atoms with Crippen LogP contribution in [0.1, 0.15) is 20.3 Å². The fraction of sp³-hybridized carbons (Fsp3) is 0.800. The van der Waals surface area contributed by atoms with Crippen molar-refractivity contribution in [1.29, 1.82) is 0 Å². The second-order valence-electron chi connectivity index (χ2n) is 1.29. The third kappa shape index (κ3) is 16.0. The third-order valence-electron chi connectivity index (χ3n) is 0.637. The van der Waals surface area contributed by atoms with Crippen LogP contribution in [-0.4, -0.2) is 12.5 Å². The molecule has 0 heterocycles. The minimum absolute atomic E-state index is 0.00231. The normalized spacial score (nSPS) is 7.20. The van der Waals surface area contributed by atoms with E-state index >= 15 is 0 Å². The van der Waals surface area contributed by atoms with Crippen LogP contribution in [0.5, 0.6) is 0 Å². The van der Waals surface area contributed by atoms with E-state index in [1.54, 1.807) is 0 Å². The van der Waals surface area contributed by atoms with Gasteiger partial charge in [-0.15, -0.1) is 6.54 Å². The number of halogens is 2. The predicted octanol–water partition coefficient (Wildman–Crippen LogP) is 2.69. The molecule has 10 heavy (non-hydrogen) atoms. The number of carbonyl (C=O) groups excluding carboxylic acids is 1. The molecule has 0 aliphatic rings. The zero-order chi connectivity index (χ0) is 8.41. The number of amides is 1. The molecular formula is C5H10Cl2NOZr-. The summed E-state index contributed by atoms with van der Waals surface area (Å²) in [6.07, 6.45) is 0.536. The van der Waals surface area contributed by atoms with Gasteiger partial charge < -0.3 is 10.1 Å². The molecule has 0 spiro atoms. The van der Waals surface area contributed by atoms with Crippen molar-refractivity contribution in [3.63, 3.8) is 0 Å². The van der Waals surface area contributed by atoms with E-state index in [0.717, 1.165) is 0 Å². The fourth-order valence-corrected chi connectivity index (χ4v) is 0.288. The molecule has 0 aliphatic carbocycles. The van der Waals surface area contributed by atoms with Crippen LogP contribution < -0.4 is 0 Å². The number of rotatable bonds is 2. The van der Waals surface area contributed by atoms with Crippen molar-refractivity contribution in [2.75, 3.05) is 6.54 Å². The summed E-state index contributed by atoms with van der Waals surface area (Å²) in [7, 11) is 9.87. The van der Waals surface area contributed by atoms with Gasteiger partial charge in [-0.05, 0) is 6.42 Å². The average Bonchev–Trinajstić information content (AvgIpc) is 1.90. The van der Waals surface area contributed by atoms with E-state index in [4.69, 9.17) is 17.0 Å². The summed E-state index contributed by atoms with van der Waals surface area (Å²) in [4.78, 5) is 10.2. The van der Waals surface area contributed by atoms with Crippen LogP contribution in [0.25, 0.3) is 5.32 Å². The average molecular weight is 262 g/mol. The van der Waals surface area contributed by atoms with Crippen molar-refractivity contribution in [1.82, 2.24) is 0 Å². The summed E-state index contributed by atoms with van der Waals surface area (Å²) in [5.74, 6) is 0.00231. The molecule has 0 aliphatic heterocycles. The number of hydrogen-bond acceptors (Lipinski definition) is 1. The summed E-state index contributed by atoms with van der Waals surface area (Å²) in [5, 5.41) is 3.60. The number of carbonyl (C=O) groups is 1. The molecule has 0 radical (unpaired) electrons. The molecule has 0 aromatic heterocycles. The summed E-state index contributed by atoms with van der Waals surface area (Å²) in [6.45, 7) is 4.28. The molecule has 0 fully saturated rings. The minimum atomic E-state index is -0.826. The molecule has 1 amide bonds. The molecule has 0 rings (SSSR count). The fourth-order valence-electron chi connectivity index (χ4n) is 0.288. The molecular weight excluding hydrogens is 252 g/mol. The summed E-state index contributed by atoms with van der Waals surface area (Å²) < 4.78 is 0. The van der Waals surface area contributed by atoms with Crippen LogP contribution in [0, 0.1) is 0 Å². The van der Waals surface area contributed by atoms with Gasteiger partial charge in [0.25, 0.3) is 0 Å². The van der Waals surface area contributed by atoms with E-state index in [0.29, 0.717) is 13.0 Å². The SMILES string of the molecule is CC[N-]C(=O)CC.[Cl][Zr][Cl]. The topological polar surface area (TPSA) is 31.2 Å². The van der Waals surface area contributed by atoms with Crippen molar-refractivity contribution in [2.45, 2.75) is 20.3 Å². The van der Waals surface area contributed by atoms with Gasteiger partial charge in [-0.1, -0.05) is 13.8 Å².